The number of carbonyl (C=O) groups is 1. The van der Waals surface area contributed by atoms with Crippen LogP contribution in [0.25, 0.3) is 5.69 Å². The zero-order chi connectivity index (χ0) is 16.3. The van der Waals surface area contributed by atoms with Crippen LogP contribution in [0.5, 0.6) is 0 Å². The number of hydrogen-bond acceptors (Lipinski definition) is 5. The summed E-state index contributed by atoms with van der Waals surface area (Å²) in [6, 6.07) is 5.53. The van der Waals surface area contributed by atoms with Gasteiger partial charge in [0.15, 0.2) is 5.69 Å². The van der Waals surface area contributed by atoms with Crippen LogP contribution in [-0.2, 0) is 4.74 Å². The largest absolute Gasteiger partial charge is 0.444 e. The van der Waals surface area contributed by atoms with Gasteiger partial charge in [0.2, 0.25) is 0 Å². The Balaban J connectivity index is 2.40. The summed E-state index contributed by atoms with van der Waals surface area (Å²) in [7, 11) is 0. The molecule has 1 N–H and O–H groups in total. The van der Waals surface area contributed by atoms with E-state index in [0.717, 1.165) is 0 Å². The molecule has 0 radical (unpaired) electrons. The molecule has 0 saturated carbocycles. The van der Waals surface area contributed by atoms with E-state index in [1.54, 1.807) is 52.2 Å². The predicted octanol–water partition coefficient (Wildman–Crippen LogP) is 2.79. The minimum Gasteiger partial charge on any atom is -0.444 e. The third-order valence-corrected chi connectivity index (χ3v) is 2.74. The van der Waals surface area contributed by atoms with Crippen molar-refractivity contribution in [2.24, 2.45) is 0 Å². The Hall–Kier alpha value is -2.88. The highest BCUT2D eigenvalue weighted by Gasteiger charge is 2.21. The van der Waals surface area contributed by atoms with Gasteiger partial charge in [-0.1, -0.05) is 0 Å². The number of nitrogens with zero attached hydrogens (tertiary/aromatic N) is 4. The number of ether oxygens (including phenoxy) is 1. The molecule has 0 atom stereocenters. The van der Waals surface area contributed by atoms with E-state index < -0.39 is 11.7 Å². The second-order valence-corrected chi connectivity index (χ2v) is 5.68. The average molecular weight is 299 g/mol. The lowest BCUT2D eigenvalue weighted by Crippen LogP contribution is -2.28. The lowest BCUT2D eigenvalue weighted by atomic mass is 10.2. The molecule has 2 heterocycles. The third kappa shape index (κ3) is 3.41. The first-order valence-corrected chi connectivity index (χ1v) is 6.72. The summed E-state index contributed by atoms with van der Waals surface area (Å²) in [6.45, 7) is 7.04. The van der Waals surface area contributed by atoms with Gasteiger partial charge in [-0.25, -0.2) is 9.48 Å². The van der Waals surface area contributed by atoms with E-state index in [0.29, 0.717) is 17.1 Å². The summed E-state index contributed by atoms with van der Waals surface area (Å²) < 4.78 is 6.70. The molecular formula is C15H17N5O2. The zero-order valence-electron chi connectivity index (χ0n) is 12.9. The quantitative estimate of drug-likeness (QED) is 0.920. The number of hydrogen-bond donors (Lipinski definition) is 1. The van der Waals surface area contributed by atoms with Gasteiger partial charge in [0, 0.05) is 11.8 Å². The van der Waals surface area contributed by atoms with Gasteiger partial charge in [0.1, 0.15) is 17.5 Å². The molecule has 2 aromatic heterocycles. The van der Waals surface area contributed by atoms with E-state index >= 15 is 0 Å². The highest BCUT2D eigenvalue weighted by Crippen LogP contribution is 2.23. The van der Waals surface area contributed by atoms with Crippen molar-refractivity contribution in [3.8, 4) is 11.8 Å². The van der Waals surface area contributed by atoms with E-state index in [2.05, 4.69) is 15.4 Å². The second-order valence-electron chi connectivity index (χ2n) is 5.68. The summed E-state index contributed by atoms with van der Waals surface area (Å²) in [5, 5.41) is 16.0. The number of aromatic nitrogens is 3. The summed E-state index contributed by atoms with van der Waals surface area (Å²) >= 11 is 0. The average Bonchev–Trinajstić information content (AvgIpc) is 2.75. The number of nitrogens with one attached hydrogen (secondary N) is 1. The van der Waals surface area contributed by atoms with Crippen LogP contribution < -0.4 is 5.32 Å². The molecule has 0 aliphatic carbocycles. The van der Waals surface area contributed by atoms with Crippen molar-refractivity contribution >= 4 is 11.9 Å². The van der Waals surface area contributed by atoms with Gasteiger partial charge in [0.25, 0.3) is 0 Å². The lowest BCUT2D eigenvalue weighted by molar-refractivity contribution is 0.0634. The molecular weight excluding hydrogens is 282 g/mol. The molecule has 0 fully saturated rings. The number of carbonyl (C=O) groups excluding carboxylic acids is 1. The number of rotatable bonds is 2. The second kappa shape index (κ2) is 5.85. The molecule has 0 bridgehead atoms. The molecule has 0 aliphatic heterocycles. The van der Waals surface area contributed by atoms with Crippen LogP contribution in [0, 0.1) is 18.3 Å². The van der Waals surface area contributed by atoms with E-state index in [9.17, 15) is 4.79 Å². The smallest absolute Gasteiger partial charge is 0.413 e. The first kappa shape index (κ1) is 15.5. The SMILES string of the molecule is Cc1c(C#N)nn(-c2cccnc2)c1NC(=O)OC(C)(C)C. The van der Waals surface area contributed by atoms with E-state index in [1.165, 1.54) is 4.68 Å². The minimum absolute atomic E-state index is 0.231. The lowest BCUT2D eigenvalue weighted by Gasteiger charge is -2.20. The van der Waals surface area contributed by atoms with Gasteiger partial charge >= 0.3 is 6.09 Å². The van der Waals surface area contributed by atoms with Crippen molar-refractivity contribution in [1.29, 1.82) is 5.26 Å². The molecule has 0 aromatic carbocycles. The molecule has 22 heavy (non-hydrogen) atoms. The fraction of sp³-hybridized carbons (Fsp3) is 0.333. The number of pyridine rings is 1. The van der Waals surface area contributed by atoms with Gasteiger partial charge in [-0.05, 0) is 39.8 Å². The topological polar surface area (TPSA) is 92.8 Å². The Labute approximate surface area is 128 Å². The molecule has 7 heteroatoms. The van der Waals surface area contributed by atoms with Crippen LogP contribution in [0.3, 0.4) is 0 Å². The fourth-order valence-electron chi connectivity index (χ4n) is 1.82. The molecule has 7 nitrogen and oxygen atoms in total. The number of amides is 1. The molecule has 0 spiro atoms. The Kier molecular flexibility index (Phi) is 4.13. The standard InChI is InChI=1S/C15H17N5O2/c1-10-12(8-16)19-20(11-6-5-7-17-9-11)13(10)18-14(21)22-15(2,3)4/h5-7,9H,1-4H3,(H,18,21). The van der Waals surface area contributed by atoms with Gasteiger partial charge in [0.05, 0.1) is 11.9 Å². The molecule has 0 unspecified atom stereocenters. The normalized spacial score (nSPS) is 10.9. The summed E-state index contributed by atoms with van der Waals surface area (Å²) in [5.41, 5.74) is 0.820. The maximum atomic E-state index is 12.0. The predicted molar refractivity (Wildman–Crippen MR) is 80.7 cm³/mol. The Bertz CT molecular complexity index is 723. The summed E-state index contributed by atoms with van der Waals surface area (Å²) in [4.78, 5) is 16.0. The summed E-state index contributed by atoms with van der Waals surface area (Å²) in [5.74, 6) is 0.388. The van der Waals surface area contributed by atoms with Gasteiger partial charge < -0.3 is 4.74 Å². The Morgan fingerprint density at radius 2 is 2.18 bits per heavy atom. The fourth-order valence-corrected chi connectivity index (χ4v) is 1.82. The van der Waals surface area contributed by atoms with Crippen LogP contribution in [-0.4, -0.2) is 26.5 Å². The molecule has 2 aromatic rings. The van der Waals surface area contributed by atoms with Crippen molar-refractivity contribution in [3.63, 3.8) is 0 Å². The van der Waals surface area contributed by atoms with Crippen LogP contribution in [0.4, 0.5) is 10.6 Å². The maximum absolute atomic E-state index is 12.0. The molecule has 114 valence electrons. The first-order chi connectivity index (χ1) is 10.3. The maximum Gasteiger partial charge on any atom is 0.413 e. The van der Waals surface area contributed by atoms with Crippen molar-refractivity contribution in [2.75, 3.05) is 5.32 Å². The van der Waals surface area contributed by atoms with Crippen LogP contribution in [0.15, 0.2) is 24.5 Å². The Morgan fingerprint density at radius 3 is 2.73 bits per heavy atom. The van der Waals surface area contributed by atoms with E-state index in [4.69, 9.17) is 10.00 Å². The van der Waals surface area contributed by atoms with E-state index in [-0.39, 0.29) is 5.69 Å². The van der Waals surface area contributed by atoms with Gasteiger partial charge in [-0.15, -0.1) is 0 Å². The first-order valence-electron chi connectivity index (χ1n) is 6.72. The third-order valence-electron chi connectivity index (χ3n) is 2.74. The molecule has 2 rings (SSSR count). The van der Waals surface area contributed by atoms with Crippen LogP contribution >= 0.6 is 0 Å². The molecule has 0 saturated heterocycles. The summed E-state index contributed by atoms with van der Waals surface area (Å²) in [6.07, 6.45) is 2.62. The number of nitriles is 1. The van der Waals surface area contributed by atoms with Crippen molar-refractivity contribution in [2.45, 2.75) is 33.3 Å². The Morgan fingerprint density at radius 1 is 1.45 bits per heavy atom. The van der Waals surface area contributed by atoms with Crippen molar-refractivity contribution in [3.05, 3.63) is 35.8 Å². The highest BCUT2D eigenvalue weighted by atomic mass is 16.6. The molecule has 0 aliphatic rings. The van der Waals surface area contributed by atoms with Crippen molar-refractivity contribution < 1.29 is 9.53 Å². The van der Waals surface area contributed by atoms with Gasteiger partial charge in [-0.2, -0.15) is 10.4 Å². The minimum atomic E-state index is -0.616. The van der Waals surface area contributed by atoms with Crippen LogP contribution in [0.2, 0.25) is 0 Å². The van der Waals surface area contributed by atoms with Crippen LogP contribution in [0.1, 0.15) is 32.0 Å². The van der Waals surface area contributed by atoms with Gasteiger partial charge in [-0.3, -0.25) is 10.3 Å². The number of anilines is 1. The zero-order valence-corrected chi connectivity index (χ0v) is 12.9. The highest BCUT2D eigenvalue weighted by molar-refractivity contribution is 5.85. The molecule has 1 amide bonds. The van der Waals surface area contributed by atoms with Crippen molar-refractivity contribution in [1.82, 2.24) is 14.8 Å². The van der Waals surface area contributed by atoms with E-state index in [1.807, 2.05) is 6.07 Å². The monoisotopic (exact) mass is 299 g/mol.